The van der Waals surface area contributed by atoms with Crippen molar-refractivity contribution in [2.45, 2.75) is 37.2 Å². The molecular formula is C14H26ClN5O2S. The number of nitrogens with one attached hydrogen (secondary N) is 1. The molecule has 0 amide bonds. The first-order valence-corrected chi connectivity index (χ1v) is 9.41. The summed E-state index contributed by atoms with van der Waals surface area (Å²) in [6.45, 7) is 9.15. The molecule has 1 aromatic heterocycles. The SMILES string of the molecule is CC(C)n1cc(S(=O)(=O)N2CCC(N3CCNCC3)C2)cn1.Cl. The van der Waals surface area contributed by atoms with Gasteiger partial charge in [0.1, 0.15) is 4.90 Å². The molecule has 0 saturated carbocycles. The number of piperazine rings is 1. The van der Waals surface area contributed by atoms with Crippen LogP contribution in [0.15, 0.2) is 17.3 Å². The van der Waals surface area contributed by atoms with E-state index in [9.17, 15) is 8.42 Å². The van der Waals surface area contributed by atoms with Crippen LogP contribution in [0.3, 0.4) is 0 Å². The molecule has 0 radical (unpaired) electrons. The lowest BCUT2D eigenvalue weighted by molar-refractivity contribution is 0.179. The van der Waals surface area contributed by atoms with Crippen LogP contribution in [0.4, 0.5) is 0 Å². The van der Waals surface area contributed by atoms with Crippen molar-refractivity contribution >= 4 is 22.4 Å². The van der Waals surface area contributed by atoms with Gasteiger partial charge < -0.3 is 5.32 Å². The molecule has 23 heavy (non-hydrogen) atoms. The van der Waals surface area contributed by atoms with E-state index in [1.807, 2.05) is 13.8 Å². The maximum Gasteiger partial charge on any atom is 0.246 e. The Balaban J connectivity index is 0.00000192. The smallest absolute Gasteiger partial charge is 0.246 e. The molecular weight excluding hydrogens is 338 g/mol. The van der Waals surface area contributed by atoms with Crippen LogP contribution >= 0.6 is 12.4 Å². The molecule has 2 aliphatic rings. The molecule has 1 N–H and O–H groups in total. The van der Waals surface area contributed by atoms with E-state index < -0.39 is 10.0 Å². The standard InChI is InChI=1S/C14H25N5O2S.ClH/c1-12(2)19-11-14(9-16-19)22(20,21)18-6-3-13(10-18)17-7-4-15-5-8-17;/h9,11-13,15H,3-8,10H2,1-2H3;1H. The van der Waals surface area contributed by atoms with Crippen molar-refractivity contribution in [3.63, 3.8) is 0 Å². The summed E-state index contributed by atoms with van der Waals surface area (Å²) in [5, 5.41) is 7.49. The van der Waals surface area contributed by atoms with Crippen LogP contribution in [-0.2, 0) is 10.0 Å². The highest BCUT2D eigenvalue weighted by Crippen LogP contribution is 2.24. The van der Waals surface area contributed by atoms with Crippen molar-refractivity contribution in [3.8, 4) is 0 Å². The Labute approximate surface area is 144 Å². The van der Waals surface area contributed by atoms with Gasteiger partial charge in [-0.1, -0.05) is 0 Å². The van der Waals surface area contributed by atoms with Crippen LogP contribution in [0.5, 0.6) is 0 Å². The van der Waals surface area contributed by atoms with Gasteiger partial charge in [0.2, 0.25) is 10.0 Å². The van der Waals surface area contributed by atoms with Crippen molar-refractivity contribution in [3.05, 3.63) is 12.4 Å². The molecule has 9 heteroatoms. The minimum atomic E-state index is -3.42. The van der Waals surface area contributed by atoms with E-state index in [-0.39, 0.29) is 18.4 Å². The van der Waals surface area contributed by atoms with Gasteiger partial charge in [0.05, 0.1) is 6.20 Å². The number of hydrogen-bond acceptors (Lipinski definition) is 5. The molecule has 7 nitrogen and oxygen atoms in total. The topological polar surface area (TPSA) is 70.5 Å². The van der Waals surface area contributed by atoms with Crippen molar-refractivity contribution in [2.75, 3.05) is 39.3 Å². The molecule has 1 atom stereocenters. The molecule has 132 valence electrons. The second-order valence-corrected chi connectivity index (χ2v) is 8.28. The minimum absolute atomic E-state index is 0. The lowest BCUT2D eigenvalue weighted by Crippen LogP contribution is -2.49. The quantitative estimate of drug-likeness (QED) is 0.846. The number of sulfonamides is 1. The third-order valence-electron chi connectivity index (χ3n) is 4.54. The van der Waals surface area contributed by atoms with E-state index >= 15 is 0 Å². The highest BCUT2D eigenvalue weighted by molar-refractivity contribution is 7.89. The van der Waals surface area contributed by atoms with Crippen molar-refractivity contribution < 1.29 is 8.42 Å². The van der Waals surface area contributed by atoms with Crippen LogP contribution < -0.4 is 5.32 Å². The zero-order valence-corrected chi connectivity index (χ0v) is 15.3. The van der Waals surface area contributed by atoms with Gasteiger partial charge in [0.15, 0.2) is 0 Å². The number of hydrogen-bond donors (Lipinski definition) is 1. The summed E-state index contributed by atoms with van der Waals surface area (Å²) >= 11 is 0. The van der Waals surface area contributed by atoms with Gasteiger partial charge in [-0.3, -0.25) is 9.58 Å². The molecule has 0 aliphatic carbocycles. The number of nitrogens with zero attached hydrogens (tertiary/aromatic N) is 4. The van der Waals surface area contributed by atoms with E-state index in [0.717, 1.165) is 32.6 Å². The zero-order valence-electron chi connectivity index (χ0n) is 13.7. The van der Waals surface area contributed by atoms with E-state index in [4.69, 9.17) is 0 Å². The first-order chi connectivity index (χ1) is 10.5. The fourth-order valence-electron chi connectivity index (χ4n) is 3.16. The second-order valence-electron chi connectivity index (χ2n) is 6.34. The Morgan fingerprint density at radius 2 is 1.96 bits per heavy atom. The summed E-state index contributed by atoms with van der Waals surface area (Å²) in [5.74, 6) is 0. The van der Waals surface area contributed by atoms with Gasteiger partial charge in [-0.15, -0.1) is 12.4 Å². The van der Waals surface area contributed by atoms with Crippen molar-refractivity contribution in [1.29, 1.82) is 0 Å². The summed E-state index contributed by atoms with van der Waals surface area (Å²) in [6.07, 6.45) is 4.02. The molecule has 2 saturated heterocycles. The average Bonchev–Trinajstić information content (AvgIpc) is 3.18. The molecule has 3 rings (SSSR count). The third kappa shape index (κ3) is 3.88. The van der Waals surface area contributed by atoms with Gasteiger partial charge in [-0.25, -0.2) is 8.42 Å². The Morgan fingerprint density at radius 3 is 2.57 bits per heavy atom. The monoisotopic (exact) mass is 363 g/mol. The van der Waals surface area contributed by atoms with Crippen LogP contribution in [0.2, 0.25) is 0 Å². The van der Waals surface area contributed by atoms with Gasteiger partial charge in [-0.2, -0.15) is 9.40 Å². The number of rotatable bonds is 4. The Morgan fingerprint density at radius 1 is 1.26 bits per heavy atom. The number of aromatic nitrogens is 2. The lowest BCUT2D eigenvalue weighted by Gasteiger charge is -2.32. The predicted molar refractivity (Wildman–Crippen MR) is 91.5 cm³/mol. The molecule has 3 heterocycles. The highest BCUT2D eigenvalue weighted by atomic mass is 35.5. The summed E-state index contributed by atoms with van der Waals surface area (Å²) in [5.41, 5.74) is 0. The van der Waals surface area contributed by atoms with Gasteiger partial charge in [0, 0.05) is 57.5 Å². The molecule has 1 aromatic rings. The maximum atomic E-state index is 12.7. The van der Waals surface area contributed by atoms with E-state index in [0.29, 0.717) is 24.0 Å². The first kappa shape index (κ1) is 18.7. The van der Waals surface area contributed by atoms with Crippen molar-refractivity contribution in [2.24, 2.45) is 0 Å². The summed E-state index contributed by atoms with van der Waals surface area (Å²) in [7, 11) is -3.42. The van der Waals surface area contributed by atoms with Gasteiger partial charge >= 0.3 is 0 Å². The van der Waals surface area contributed by atoms with Crippen molar-refractivity contribution in [1.82, 2.24) is 24.3 Å². The molecule has 0 spiro atoms. The lowest BCUT2D eigenvalue weighted by atomic mass is 10.2. The van der Waals surface area contributed by atoms with Crippen LogP contribution in [0.25, 0.3) is 0 Å². The fraction of sp³-hybridized carbons (Fsp3) is 0.786. The maximum absolute atomic E-state index is 12.7. The highest BCUT2D eigenvalue weighted by Gasteiger charge is 2.36. The van der Waals surface area contributed by atoms with Crippen LogP contribution in [0, 0.1) is 0 Å². The molecule has 0 aromatic carbocycles. The molecule has 2 fully saturated rings. The summed E-state index contributed by atoms with van der Waals surface area (Å²) in [6, 6.07) is 0.508. The fourth-order valence-corrected chi connectivity index (χ4v) is 4.59. The number of halogens is 1. The Bertz CT molecular complexity index is 612. The van der Waals surface area contributed by atoms with Gasteiger partial charge in [0.25, 0.3) is 0 Å². The molecule has 0 bridgehead atoms. The predicted octanol–water partition coefficient (Wildman–Crippen LogP) is 0.554. The largest absolute Gasteiger partial charge is 0.314 e. The zero-order chi connectivity index (χ0) is 15.7. The van der Waals surface area contributed by atoms with E-state index in [2.05, 4.69) is 15.3 Å². The molecule has 2 aliphatic heterocycles. The molecule has 1 unspecified atom stereocenters. The van der Waals surface area contributed by atoms with Crippen LogP contribution in [-0.4, -0.2) is 72.7 Å². The normalized spacial score (nSPS) is 24.0. The van der Waals surface area contributed by atoms with Crippen LogP contribution in [0.1, 0.15) is 26.3 Å². The summed E-state index contributed by atoms with van der Waals surface area (Å²) in [4.78, 5) is 2.71. The average molecular weight is 364 g/mol. The summed E-state index contributed by atoms with van der Waals surface area (Å²) < 4.78 is 28.8. The van der Waals surface area contributed by atoms with E-state index in [1.165, 1.54) is 6.20 Å². The van der Waals surface area contributed by atoms with Gasteiger partial charge in [-0.05, 0) is 20.3 Å². The third-order valence-corrected chi connectivity index (χ3v) is 6.36. The second kappa shape index (κ2) is 7.48. The first-order valence-electron chi connectivity index (χ1n) is 7.97. The Kier molecular flexibility index (Phi) is 6.07. The van der Waals surface area contributed by atoms with E-state index in [1.54, 1.807) is 15.2 Å². The Hall–Kier alpha value is -0.670. The minimum Gasteiger partial charge on any atom is -0.314 e.